The molecule has 6 nitrogen and oxygen atoms in total. The Labute approximate surface area is 213 Å². The first-order chi connectivity index (χ1) is 17.5. The van der Waals surface area contributed by atoms with Gasteiger partial charge in [-0.15, -0.1) is 0 Å². The Hall–Kier alpha value is -3.52. The zero-order chi connectivity index (χ0) is 26.5. The summed E-state index contributed by atoms with van der Waals surface area (Å²) in [6, 6.07) is 9.44. The van der Waals surface area contributed by atoms with E-state index < -0.39 is 23.2 Å². The number of aliphatic hydroxyl groups is 1. The van der Waals surface area contributed by atoms with Gasteiger partial charge >= 0.3 is 5.97 Å². The molecule has 0 unspecified atom stereocenters. The highest BCUT2D eigenvalue weighted by Crippen LogP contribution is 2.61. The summed E-state index contributed by atoms with van der Waals surface area (Å²) in [5, 5.41) is 19.1. The number of pyridine rings is 1. The highest BCUT2D eigenvalue weighted by atomic mass is 19.1. The molecule has 3 aromatic rings. The van der Waals surface area contributed by atoms with Crippen molar-refractivity contribution in [2.75, 3.05) is 6.61 Å². The fourth-order valence-corrected chi connectivity index (χ4v) is 5.17. The number of benzene rings is 2. The lowest BCUT2D eigenvalue weighted by molar-refractivity contribution is -0.139. The topological polar surface area (TPSA) is 88.9 Å². The van der Waals surface area contributed by atoms with E-state index in [1.54, 1.807) is 45.2 Å². The molecular formula is C29H29F2NO5. The molecule has 2 aromatic carbocycles. The van der Waals surface area contributed by atoms with E-state index in [9.17, 15) is 23.8 Å². The van der Waals surface area contributed by atoms with E-state index in [0.29, 0.717) is 41.0 Å². The van der Waals surface area contributed by atoms with Crippen LogP contribution in [0, 0.1) is 30.4 Å². The summed E-state index contributed by atoms with van der Waals surface area (Å²) >= 11 is 0. The second-order valence-electron chi connectivity index (χ2n) is 10.6. The minimum Gasteiger partial charge on any atom is -0.490 e. The number of ether oxygens (including phenoxy) is 2. The third kappa shape index (κ3) is 5.16. The average molecular weight is 510 g/mol. The largest absolute Gasteiger partial charge is 0.490 e. The summed E-state index contributed by atoms with van der Waals surface area (Å²) in [4.78, 5) is 15.6. The maximum Gasteiger partial charge on any atom is 0.307 e. The summed E-state index contributed by atoms with van der Waals surface area (Å²) in [6.07, 6.45) is 2.71. The normalized spacial score (nSPS) is 19.8. The predicted molar refractivity (Wildman–Crippen MR) is 133 cm³/mol. The number of carboxylic acids is 1. The van der Waals surface area contributed by atoms with Crippen LogP contribution in [0.25, 0.3) is 11.1 Å². The molecule has 194 valence electrons. The molecule has 3 atom stereocenters. The molecule has 1 saturated carbocycles. The highest BCUT2D eigenvalue weighted by molar-refractivity contribution is 5.77. The summed E-state index contributed by atoms with van der Waals surface area (Å²) in [6.45, 7) is 5.19. The van der Waals surface area contributed by atoms with Gasteiger partial charge in [-0.25, -0.2) is 13.8 Å². The molecule has 0 aliphatic heterocycles. The van der Waals surface area contributed by atoms with E-state index >= 15 is 0 Å². The van der Waals surface area contributed by atoms with Gasteiger partial charge in [0.05, 0.1) is 18.1 Å². The summed E-state index contributed by atoms with van der Waals surface area (Å²) in [7, 11) is 0. The lowest BCUT2D eigenvalue weighted by atomic mass is 9.97. The van der Waals surface area contributed by atoms with Gasteiger partial charge in [0.15, 0.2) is 11.6 Å². The van der Waals surface area contributed by atoms with Gasteiger partial charge in [-0.1, -0.05) is 6.07 Å². The molecule has 0 spiro atoms. The second-order valence-corrected chi connectivity index (χ2v) is 10.6. The van der Waals surface area contributed by atoms with Crippen molar-refractivity contribution in [1.82, 2.24) is 4.98 Å². The van der Waals surface area contributed by atoms with Crippen molar-refractivity contribution in [2.24, 2.45) is 11.8 Å². The van der Waals surface area contributed by atoms with Gasteiger partial charge in [-0.05, 0) is 85.2 Å². The number of carboxylic acid groups (broad SMARTS) is 1. The van der Waals surface area contributed by atoms with E-state index in [-0.39, 0.29) is 36.7 Å². The molecule has 0 radical (unpaired) electrons. The van der Waals surface area contributed by atoms with Gasteiger partial charge in [-0.2, -0.15) is 0 Å². The number of aliphatic carboxylic acids is 1. The molecule has 37 heavy (non-hydrogen) atoms. The maximum absolute atomic E-state index is 14.8. The predicted octanol–water partition coefficient (Wildman–Crippen LogP) is 5.42. The Morgan fingerprint density at radius 2 is 1.92 bits per heavy atom. The summed E-state index contributed by atoms with van der Waals surface area (Å²) in [5.41, 5.74) is 3.30. The SMILES string of the molecule is Cc1cc(F)c(COc2cc3c(cn2)[C@H]2[C@@H](C3)[C@@H]2C(=O)O)cc1-c1ccc(OCCC(C)(C)O)c(F)c1. The van der Waals surface area contributed by atoms with Crippen molar-refractivity contribution in [1.29, 1.82) is 0 Å². The first-order valence-corrected chi connectivity index (χ1v) is 12.3. The van der Waals surface area contributed by atoms with Crippen molar-refractivity contribution in [3.63, 3.8) is 0 Å². The van der Waals surface area contributed by atoms with E-state index in [1.165, 1.54) is 18.2 Å². The number of aryl methyl sites for hydroxylation is 1. The lowest BCUT2D eigenvalue weighted by Crippen LogP contribution is -2.21. The summed E-state index contributed by atoms with van der Waals surface area (Å²) < 4.78 is 40.7. The molecule has 0 amide bonds. The number of carbonyl (C=O) groups is 1. The molecule has 8 heteroatoms. The van der Waals surface area contributed by atoms with Crippen molar-refractivity contribution in [2.45, 2.75) is 51.7 Å². The molecule has 1 aromatic heterocycles. The third-order valence-electron chi connectivity index (χ3n) is 7.25. The van der Waals surface area contributed by atoms with Crippen LogP contribution in [-0.2, 0) is 17.8 Å². The highest BCUT2D eigenvalue weighted by Gasteiger charge is 2.59. The van der Waals surface area contributed by atoms with Crippen LogP contribution >= 0.6 is 0 Å². The minimum atomic E-state index is -0.904. The molecular weight excluding hydrogens is 480 g/mol. The van der Waals surface area contributed by atoms with Crippen LogP contribution in [0.3, 0.4) is 0 Å². The van der Waals surface area contributed by atoms with Gasteiger partial charge in [-0.3, -0.25) is 4.79 Å². The number of nitrogens with zero attached hydrogens (tertiary/aromatic N) is 1. The van der Waals surface area contributed by atoms with Crippen LogP contribution in [-0.4, -0.2) is 33.4 Å². The number of rotatable bonds is 9. The molecule has 5 rings (SSSR count). The fraction of sp³-hybridized carbons (Fsp3) is 0.379. The Morgan fingerprint density at radius 3 is 2.62 bits per heavy atom. The smallest absolute Gasteiger partial charge is 0.307 e. The molecule has 2 aliphatic carbocycles. The first-order valence-electron chi connectivity index (χ1n) is 12.3. The number of hydrogen-bond acceptors (Lipinski definition) is 5. The number of fused-ring (bicyclic) bond motifs is 3. The monoisotopic (exact) mass is 509 g/mol. The van der Waals surface area contributed by atoms with Crippen LogP contribution in [0.4, 0.5) is 8.78 Å². The Morgan fingerprint density at radius 1 is 1.14 bits per heavy atom. The van der Waals surface area contributed by atoms with Crippen molar-refractivity contribution < 1.29 is 33.3 Å². The average Bonchev–Trinajstić information content (AvgIpc) is 3.41. The standard InChI is InChI=1S/C29H29F2NO5/c1-15-8-22(30)18(10-19(15)16-4-5-24(23(31)11-16)36-7-6-29(2,3)35)14-37-25-12-17-9-20-26(21(17)13-32-25)27(20)28(33)34/h4-5,8,10-13,20,26-27,35H,6-7,9,14H2,1-3H3,(H,33,34)/t20-,26-,27+/m1/s1. The van der Waals surface area contributed by atoms with E-state index in [0.717, 1.165) is 11.1 Å². The van der Waals surface area contributed by atoms with Crippen molar-refractivity contribution in [3.8, 4) is 22.8 Å². The first kappa shape index (κ1) is 25.1. The Balaban J connectivity index is 1.28. The van der Waals surface area contributed by atoms with Crippen LogP contribution in [0.15, 0.2) is 42.6 Å². The number of aromatic nitrogens is 1. The minimum absolute atomic E-state index is 0.0323. The van der Waals surface area contributed by atoms with Crippen LogP contribution in [0.5, 0.6) is 11.6 Å². The lowest BCUT2D eigenvalue weighted by Gasteiger charge is -2.17. The van der Waals surface area contributed by atoms with Gasteiger partial charge in [0, 0.05) is 30.2 Å². The fourth-order valence-electron chi connectivity index (χ4n) is 5.17. The number of hydrogen-bond donors (Lipinski definition) is 2. The molecule has 0 saturated heterocycles. The Bertz CT molecular complexity index is 1370. The number of halogens is 2. The summed E-state index contributed by atoms with van der Waals surface area (Å²) in [5.74, 6) is -1.46. The van der Waals surface area contributed by atoms with E-state index in [1.807, 2.05) is 0 Å². The molecule has 2 N–H and O–H groups in total. The Kier molecular flexibility index (Phi) is 6.40. The van der Waals surface area contributed by atoms with Crippen molar-refractivity contribution in [3.05, 3.63) is 76.5 Å². The van der Waals surface area contributed by atoms with Gasteiger partial charge < -0.3 is 19.7 Å². The van der Waals surface area contributed by atoms with E-state index in [2.05, 4.69) is 4.98 Å². The van der Waals surface area contributed by atoms with Crippen LogP contribution in [0.1, 0.15) is 48.4 Å². The van der Waals surface area contributed by atoms with Gasteiger partial charge in [0.25, 0.3) is 0 Å². The molecule has 0 bridgehead atoms. The van der Waals surface area contributed by atoms with Crippen LogP contribution in [0.2, 0.25) is 0 Å². The van der Waals surface area contributed by atoms with Gasteiger partial charge in [0.2, 0.25) is 5.88 Å². The molecule has 1 heterocycles. The van der Waals surface area contributed by atoms with E-state index in [4.69, 9.17) is 9.47 Å². The second kappa shape index (κ2) is 9.41. The third-order valence-corrected chi connectivity index (χ3v) is 7.25. The zero-order valence-electron chi connectivity index (χ0n) is 20.9. The zero-order valence-corrected chi connectivity index (χ0v) is 20.9. The molecule has 1 fully saturated rings. The maximum atomic E-state index is 14.8. The van der Waals surface area contributed by atoms with Gasteiger partial charge in [0.1, 0.15) is 12.4 Å². The quantitative estimate of drug-likeness (QED) is 0.400. The van der Waals surface area contributed by atoms with Crippen LogP contribution < -0.4 is 9.47 Å². The van der Waals surface area contributed by atoms with Crippen molar-refractivity contribution >= 4 is 5.97 Å². The molecule has 2 aliphatic rings.